The Bertz CT molecular complexity index is 621. The van der Waals surface area contributed by atoms with Crippen LogP contribution in [0.3, 0.4) is 0 Å². The van der Waals surface area contributed by atoms with Gasteiger partial charge >= 0.3 is 5.92 Å². The van der Waals surface area contributed by atoms with Crippen LogP contribution in [0.5, 0.6) is 0 Å². The van der Waals surface area contributed by atoms with Gasteiger partial charge in [0.25, 0.3) is 0 Å². The maximum absolute atomic E-state index is 13.9. The second-order valence-electron chi connectivity index (χ2n) is 4.44. The smallest absolute Gasteiger partial charge is 0.304 e. The third-order valence-electron chi connectivity index (χ3n) is 3.04. The molecule has 1 unspecified atom stereocenters. The molecule has 0 fully saturated rings. The Hall–Kier alpha value is -2.00. The molecule has 1 atom stereocenters. The Balaban J connectivity index is 2.54. The van der Waals surface area contributed by atoms with Crippen LogP contribution in [0.4, 0.5) is 17.6 Å². The molecule has 0 aliphatic heterocycles. The van der Waals surface area contributed by atoms with Crippen molar-refractivity contribution in [3.63, 3.8) is 0 Å². The van der Waals surface area contributed by atoms with E-state index in [2.05, 4.69) is 10.1 Å². The average Bonchev–Trinajstić information content (AvgIpc) is 2.90. The summed E-state index contributed by atoms with van der Waals surface area (Å²) < 4.78 is 55.4. The molecule has 0 radical (unpaired) electrons. The molecule has 9 heteroatoms. The molecular weight excluding hydrogens is 294 g/mol. The number of benzene rings is 1. The van der Waals surface area contributed by atoms with Crippen molar-refractivity contribution in [2.75, 3.05) is 6.61 Å². The van der Waals surface area contributed by atoms with Gasteiger partial charge in [-0.1, -0.05) is 0 Å². The first kappa shape index (κ1) is 15.4. The highest BCUT2D eigenvalue weighted by Crippen LogP contribution is 2.40. The maximum atomic E-state index is 13.9. The molecule has 0 saturated heterocycles. The van der Waals surface area contributed by atoms with Crippen LogP contribution in [-0.4, -0.2) is 37.5 Å². The van der Waals surface area contributed by atoms with Crippen molar-refractivity contribution in [1.29, 1.82) is 0 Å². The first-order valence-electron chi connectivity index (χ1n) is 5.79. The molecule has 0 bridgehead atoms. The highest BCUT2D eigenvalue weighted by Gasteiger charge is 2.55. The van der Waals surface area contributed by atoms with E-state index in [0.29, 0.717) is 12.1 Å². The predicted molar refractivity (Wildman–Crippen MR) is 62.3 cm³/mol. The quantitative estimate of drug-likeness (QED) is 0.811. The molecule has 2 N–H and O–H groups in total. The zero-order valence-electron chi connectivity index (χ0n) is 10.5. The van der Waals surface area contributed by atoms with Crippen LogP contribution in [0.15, 0.2) is 30.9 Å². The van der Waals surface area contributed by atoms with Gasteiger partial charge < -0.3 is 10.2 Å². The minimum absolute atomic E-state index is 0.370. The van der Waals surface area contributed by atoms with Gasteiger partial charge in [0.2, 0.25) is 0 Å². The van der Waals surface area contributed by atoms with Crippen LogP contribution in [0.1, 0.15) is 5.56 Å². The molecule has 0 spiro atoms. The lowest BCUT2D eigenvalue weighted by Crippen LogP contribution is -2.51. The summed E-state index contributed by atoms with van der Waals surface area (Å²) in [4.78, 5) is 3.52. The second kappa shape index (κ2) is 5.41. The lowest BCUT2D eigenvalue weighted by Gasteiger charge is -2.35. The van der Waals surface area contributed by atoms with Crippen LogP contribution in [0.25, 0.3) is 0 Å². The number of rotatable bonds is 5. The number of alkyl halides is 2. The minimum atomic E-state index is -4.09. The minimum Gasteiger partial charge on any atom is -0.390 e. The van der Waals surface area contributed by atoms with Crippen LogP contribution in [-0.2, 0) is 12.1 Å². The number of aliphatic hydroxyl groups excluding tert-OH is 1. The SMILES string of the molecule is OCC(F)(F)C(O)(Cn1cncn1)c1ccc(F)cc1F. The highest BCUT2D eigenvalue weighted by atomic mass is 19.3. The van der Waals surface area contributed by atoms with Crippen LogP contribution in [0, 0.1) is 11.6 Å². The Labute approximate surface area is 116 Å². The lowest BCUT2D eigenvalue weighted by atomic mass is 9.87. The second-order valence-corrected chi connectivity index (χ2v) is 4.44. The standard InChI is InChI=1S/C12H11F4N3O2/c13-8-1-2-9(10(14)3-8)11(21,12(15,16)5-20)4-19-7-17-6-18-19/h1-3,6-7,20-21H,4-5H2. The van der Waals surface area contributed by atoms with Gasteiger partial charge in [0, 0.05) is 11.6 Å². The van der Waals surface area contributed by atoms with Crippen molar-refractivity contribution in [2.24, 2.45) is 0 Å². The van der Waals surface area contributed by atoms with Gasteiger partial charge in [-0.3, -0.25) is 0 Å². The largest absolute Gasteiger partial charge is 0.390 e. The zero-order chi connectivity index (χ0) is 15.7. The summed E-state index contributed by atoms with van der Waals surface area (Å²) in [5.41, 5.74) is -3.97. The Morgan fingerprint density at radius 3 is 2.48 bits per heavy atom. The van der Waals surface area contributed by atoms with Crippen molar-refractivity contribution in [1.82, 2.24) is 14.8 Å². The van der Waals surface area contributed by atoms with Crippen molar-refractivity contribution in [2.45, 2.75) is 18.1 Å². The van der Waals surface area contributed by atoms with Crippen molar-refractivity contribution >= 4 is 0 Å². The lowest BCUT2D eigenvalue weighted by molar-refractivity contribution is -0.215. The van der Waals surface area contributed by atoms with E-state index in [1.807, 2.05) is 0 Å². The van der Waals surface area contributed by atoms with Gasteiger partial charge in [0.05, 0.1) is 6.54 Å². The summed E-state index contributed by atoms with van der Waals surface area (Å²) >= 11 is 0. The molecule has 1 heterocycles. The van der Waals surface area contributed by atoms with E-state index in [0.717, 1.165) is 23.4 Å². The molecule has 2 rings (SSSR count). The Morgan fingerprint density at radius 2 is 1.95 bits per heavy atom. The highest BCUT2D eigenvalue weighted by molar-refractivity contribution is 5.27. The van der Waals surface area contributed by atoms with E-state index in [1.54, 1.807) is 0 Å². The number of aromatic nitrogens is 3. The maximum Gasteiger partial charge on any atom is 0.304 e. The fourth-order valence-electron chi connectivity index (χ4n) is 1.90. The molecule has 2 aromatic rings. The van der Waals surface area contributed by atoms with E-state index in [9.17, 15) is 22.7 Å². The average molecular weight is 305 g/mol. The van der Waals surface area contributed by atoms with Gasteiger partial charge in [0.15, 0.2) is 5.60 Å². The summed E-state index contributed by atoms with van der Waals surface area (Å²) in [5, 5.41) is 22.7. The van der Waals surface area contributed by atoms with Gasteiger partial charge in [-0.25, -0.2) is 27.2 Å². The Morgan fingerprint density at radius 1 is 1.24 bits per heavy atom. The fraction of sp³-hybridized carbons (Fsp3) is 0.333. The van der Waals surface area contributed by atoms with E-state index in [4.69, 9.17) is 5.11 Å². The number of nitrogens with zero attached hydrogens (tertiary/aromatic N) is 3. The van der Waals surface area contributed by atoms with Crippen molar-refractivity contribution < 1.29 is 27.8 Å². The molecule has 5 nitrogen and oxygen atoms in total. The third kappa shape index (κ3) is 2.74. The van der Waals surface area contributed by atoms with Crippen LogP contribution in [0.2, 0.25) is 0 Å². The molecule has 0 amide bonds. The van der Waals surface area contributed by atoms with Crippen LogP contribution < -0.4 is 0 Å². The summed E-state index contributed by atoms with van der Waals surface area (Å²) in [6.45, 7) is -2.60. The summed E-state index contributed by atoms with van der Waals surface area (Å²) in [6.07, 6.45) is 2.08. The Kier molecular flexibility index (Phi) is 3.97. The van der Waals surface area contributed by atoms with Crippen LogP contribution >= 0.6 is 0 Å². The molecule has 21 heavy (non-hydrogen) atoms. The van der Waals surface area contributed by atoms with Gasteiger partial charge in [0.1, 0.15) is 30.9 Å². The molecule has 1 aromatic carbocycles. The van der Waals surface area contributed by atoms with E-state index in [-0.39, 0.29) is 0 Å². The number of hydrogen-bond donors (Lipinski definition) is 2. The number of halogens is 4. The van der Waals surface area contributed by atoms with E-state index in [1.165, 1.54) is 0 Å². The van der Waals surface area contributed by atoms with E-state index >= 15 is 0 Å². The topological polar surface area (TPSA) is 71.2 Å². The number of aliphatic hydroxyl groups is 2. The van der Waals surface area contributed by atoms with Crippen molar-refractivity contribution in [3.8, 4) is 0 Å². The summed E-state index contributed by atoms with van der Waals surface area (Å²) in [5.74, 6) is -6.42. The first-order chi connectivity index (χ1) is 9.80. The zero-order valence-corrected chi connectivity index (χ0v) is 10.5. The van der Waals surface area contributed by atoms with Crippen molar-refractivity contribution in [3.05, 3.63) is 48.1 Å². The molecule has 0 aliphatic carbocycles. The van der Waals surface area contributed by atoms with Gasteiger partial charge in [-0.05, 0) is 12.1 Å². The fourth-order valence-corrected chi connectivity index (χ4v) is 1.90. The molecule has 1 aromatic heterocycles. The predicted octanol–water partition coefficient (Wildman–Crippen LogP) is 1.07. The summed E-state index contributed by atoms with van der Waals surface area (Å²) in [7, 11) is 0. The first-order valence-corrected chi connectivity index (χ1v) is 5.79. The van der Waals surface area contributed by atoms with E-state index < -0.39 is 41.9 Å². The molecule has 0 aliphatic rings. The monoisotopic (exact) mass is 305 g/mol. The van der Waals surface area contributed by atoms with Gasteiger partial charge in [-0.2, -0.15) is 5.10 Å². The molecule has 114 valence electrons. The normalized spacial score (nSPS) is 15.0. The third-order valence-corrected chi connectivity index (χ3v) is 3.04. The summed E-state index contributed by atoms with van der Waals surface area (Å²) in [6, 6.07) is 1.80. The molecule has 0 saturated carbocycles. The number of hydrogen-bond acceptors (Lipinski definition) is 4. The van der Waals surface area contributed by atoms with Gasteiger partial charge in [-0.15, -0.1) is 0 Å². The molecular formula is C12H11F4N3O2.